The fourth-order valence-corrected chi connectivity index (χ4v) is 4.88. The van der Waals surface area contributed by atoms with Gasteiger partial charge in [-0.25, -0.2) is 0 Å². The predicted octanol–water partition coefficient (Wildman–Crippen LogP) is 4.15. The number of hydrogen-bond acceptors (Lipinski definition) is 3. The van der Waals surface area contributed by atoms with Gasteiger partial charge in [0.2, 0.25) is 5.91 Å². The van der Waals surface area contributed by atoms with Crippen LogP contribution in [0.1, 0.15) is 52.0 Å². The van der Waals surface area contributed by atoms with Crippen molar-refractivity contribution in [3.8, 4) is 0 Å². The Kier molecular flexibility index (Phi) is 7.01. The molecule has 1 atom stereocenters. The third-order valence-electron chi connectivity index (χ3n) is 5.96. The van der Waals surface area contributed by atoms with Crippen molar-refractivity contribution >= 4 is 40.9 Å². The number of carbonyl (C=O) groups excluding carboxylic acids is 3. The van der Waals surface area contributed by atoms with Crippen LogP contribution in [0.5, 0.6) is 0 Å². The van der Waals surface area contributed by atoms with Crippen LogP contribution in [0.25, 0.3) is 0 Å². The van der Waals surface area contributed by atoms with Gasteiger partial charge in [0.15, 0.2) is 0 Å². The third kappa shape index (κ3) is 5.08. The van der Waals surface area contributed by atoms with Gasteiger partial charge in [0.1, 0.15) is 6.04 Å². The van der Waals surface area contributed by atoms with Gasteiger partial charge in [-0.2, -0.15) is 0 Å². The van der Waals surface area contributed by atoms with Crippen molar-refractivity contribution in [2.45, 2.75) is 38.3 Å². The van der Waals surface area contributed by atoms with Crippen LogP contribution in [0, 0.1) is 0 Å². The summed E-state index contributed by atoms with van der Waals surface area (Å²) in [6, 6.07) is 11.5. The zero-order chi connectivity index (χ0) is 22.7. The molecular formula is C24H25Cl2N3O3. The molecule has 0 aromatic heterocycles. The second-order valence-electron chi connectivity index (χ2n) is 8.23. The molecule has 2 saturated heterocycles. The Morgan fingerprint density at radius 2 is 1.59 bits per heavy atom. The first-order valence-corrected chi connectivity index (χ1v) is 11.6. The summed E-state index contributed by atoms with van der Waals surface area (Å²) < 4.78 is 0. The molecule has 0 spiro atoms. The van der Waals surface area contributed by atoms with Crippen molar-refractivity contribution in [1.82, 2.24) is 15.1 Å². The Bertz CT molecular complexity index is 1020. The molecule has 2 aliphatic rings. The quantitative estimate of drug-likeness (QED) is 0.708. The summed E-state index contributed by atoms with van der Waals surface area (Å²) in [5.41, 5.74) is 1.85. The van der Waals surface area contributed by atoms with E-state index >= 15 is 0 Å². The lowest BCUT2D eigenvalue weighted by Crippen LogP contribution is -2.45. The normalized spacial score (nSPS) is 18.1. The highest BCUT2D eigenvalue weighted by molar-refractivity contribution is 6.35. The molecule has 1 unspecified atom stereocenters. The highest BCUT2D eigenvalue weighted by Crippen LogP contribution is 2.24. The number of nitrogens with one attached hydrogen (secondary N) is 1. The topological polar surface area (TPSA) is 69.7 Å². The molecule has 2 aromatic rings. The van der Waals surface area contributed by atoms with Gasteiger partial charge in [-0.1, -0.05) is 35.3 Å². The minimum atomic E-state index is -0.547. The summed E-state index contributed by atoms with van der Waals surface area (Å²) in [4.78, 5) is 41.9. The van der Waals surface area contributed by atoms with Crippen LogP contribution < -0.4 is 5.32 Å². The van der Waals surface area contributed by atoms with E-state index in [0.717, 1.165) is 37.9 Å². The van der Waals surface area contributed by atoms with E-state index in [0.29, 0.717) is 40.7 Å². The first kappa shape index (κ1) is 22.6. The molecule has 0 radical (unpaired) electrons. The Morgan fingerprint density at radius 3 is 2.31 bits per heavy atom. The average molecular weight is 474 g/mol. The second-order valence-corrected chi connectivity index (χ2v) is 9.11. The lowest BCUT2D eigenvalue weighted by Gasteiger charge is -2.24. The van der Waals surface area contributed by atoms with Crippen LogP contribution in [0.3, 0.4) is 0 Å². The zero-order valence-electron chi connectivity index (χ0n) is 17.7. The van der Waals surface area contributed by atoms with E-state index in [1.54, 1.807) is 29.2 Å². The molecule has 2 fully saturated rings. The van der Waals surface area contributed by atoms with Gasteiger partial charge in [0.05, 0.1) is 0 Å². The van der Waals surface area contributed by atoms with E-state index in [-0.39, 0.29) is 17.7 Å². The number of likely N-dealkylation sites (tertiary alicyclic amines) is 2. The van der Waals surface area contributed by atoms with E-state index in [4.69, 9.17) is 23.2 Å². The number of benzene rings is 2. The van der Waals surface area contributed by atoms with Crippen molar-refractivity contribution in [1.29, 1.82) is 0 Å². The van der Waals surface area contributed by atoms with Crippen LogP contribution in [0.2, 0.25) is 10.0 Å². The molecule has 4 rings (SSSR count). The zero-order valence-corrected chi connectivity index (χ0v) is 19.2. The summed E-state index contributed by atoms with van der Waals surface area (Å²) in [7, 11) is 0. The van der Waals surface area contributed by atoms with Gasteiger partial charge in [0.25, 0.3) is 11.8 Å². The van der Waals surface area contributed by atoms with Crippen LogP contribution in [-0.4, -0.2) is 53.2 Å². The molecule has 168 valence electrons. The average Bonchev–Trinajstić information content (AvgIpc) is 3.48. The number of carbonyl (C=O) groups is 3. The fourth-order valence-electron chi connectivity index (χ4n) is 4.35. The van der Waals surface area contributed by atoms with Crippen LogP contribution in [0.15, 0.2) is 42.5 Å². The monoisotopic (exact) mass is 473 g/mol. The molecule has 2 aliphatic heterocycles. The first-order chi connectivity index (χ1) is 15.4. The third-order valence-corrected chi connectivity index (χ3v) is 6.40. The smallest absolute Gasteiger partial charge is 0.254 e. The second kappa shape index (κ2) is 9.92. The molecule has 1 N–H and O–H groups in total. The maximum atomic E-state index is 13.0. The molecule has 0 aliphatic carbocycles. The number of amides is 3. The van der Waals surface area contributed by atoms with Crippen molar-refractivity contribution in [2.75, 3.05) is 19.6 Å². The number of nitrogens with zero attached hydrogens (tertiary/aromatic N) is 2. The number of halogens is 2. The van der Waals surface area contributed by atoms with Crippen LogP contribution in [0.4, 0.5) is 0 Å². The Balaban J connectivity index is 1.39. The van der Waals surface area contributed by atoms with E-state index in [1.807, 2.05) is 23.1 Å². The Labute approximate surface area is 197 Å². The van der Waals surface area contributed by atoms with E-state index in [1.165, 1.54) is 0 Å². The highest BCUT2D eigenvalue weighted by Gasteiger charge is 2.34. The van der Waals surface area contributed by atoms with Crippen molar-refractivity contribution < 1.29 is 14.4 Å². The molecule has 3 amide bonds. The van der Waals surface area contributed by atoms with Gasteiger partial charge in [-0.15, -0.1) is 0 Å². The molecule has 0 bridgehead atoms. The number of rotatable bonds is 5. The van der Waals surface area contributed by atoms with Gasteiger partial charge < -0.3 is 15.1 Å². The standard InChI is InChI=1S/C24H25Cl2N3O3/c25-19-12-18(13-20(26)14-19)24(32)29-10-4-7-21(29)22(30)27-15-16-5-3-6-17(11-16)23(31)28-8-1-2-9-28/h3,5-6,11-14,21H,1-2,4,7-10,15H2,(H,27,30). The lowest BCUT2D eigenvalue weighted by atomic mass is 10.1. The molecule has 0 saturated carbocycles. The van der Waals surface area contributed by atoms with E-state index in [2.05, 4.69) is 5.32 Å². The Hall–Kier alpha value is -2.57. The van der Waals surface area contributed by atoms with Gasteiger partial charge in [-0.3, -0.25) is 14.4 Å². The first-order valence-electron chi connectivity index (χ1n) is 10.9. The molecule has 32 heavy (non-hydrogen) atoms. The fraction of sp³-hybridized carbons (Fsp3) is 0.375. The largest absolute Gasteiger partial charge is 0.350 e. The highest BCUT2D eigenvalue weighted by atomic mass is 35.5. The molecule has 2 aromatic carbocycles. The summed E-state index contributed by atoms with van der Waals surface area (Å²) in [5.74, 6) is -0.436. The molecule has 8 heteroatoms. The minimum absolute atomic E-state index is 0.0309. The van der Waals surface area contributed by atoms with Crippen molar-refractivity contribution in [2.24, 2.45) is 0 Å². The number of hydrogen-bond donors (Lipinski definition) is 1. The van der Waals surface area contributed by atoms with Crippen LogP contribution in [-0.2, 0) is 11.3 Å². The van der Waals surface area contributed by atoms with E-state index in [9.17, 15) is 14.4 Å². The van der Waals surface area contributed by atoms with Gasteiger partial charge in [-0.05, 0) is 61.6 Å². The summed E-state index contributed by atoms with van der Waals surface area (Å²) in [6.45, 7) is 2.38. The maximum absolute atomic E-state index is 13.0. The predicted molar refractivity (Wildman–Crippen MR) is 124 cm³/mol. The van der Waals surface area contributed by atoms with Crippen molar-refractivity contribution in [3.05, 3.63) is 69.2 Å². The molecule has 6 nitrogen and oxygen atoms in total. The molecular weight excluding hydrogens is 449 g/mol. The van der Waals surface area contributed by atoms with Crippen molar-refractivity contribution in [3.63, 3.8) is 0 Å². The van der Waals surface area contributed by atoms with Gasteiger partial charge >= 0.3 is 0 Å². The Morgan fingerprint density at radius 1 is 0.875 bits per heavy atom. The maximum Gasteiger partial charge on any atom is 0.254 e. The minimum Gasteiger partial charge on any atom is -0.350 e. The van der Waals surface area contributed by atoms with Gasteiger partial charge in [0, 0.05) is 47.4 Å². The summed E-state index contributed by atoms with van der Waals surface area (Å²) in [6.07, 6.45) is 3.43. The SMILES string of the molecule is O=C(NCc1cccc(C(=O)N2CCCC2)c1)C1CCCN1C(=O)c1cc(Cl)cc(Cl)c1. The van der Waals surface area contributed by atoms with E-state index < -0.39 is 6.04 Å². The van der Waals surface area contributed by atoms with Crippen LogP contribution >= 0.6 is 23.2 Å². The summed E-state index contributed by atoms with van der Waals surface area (Å²) in [5, 5.41) is 3.68. The molecule has 2 heterocycles. The lowest BCUT2D eigenvalue weighted by molar-refractivity contribution is -0.125. The summed E-state index contributed by atoms with van der Waals surface area (Å²) >= 11 is 12.1.